The molecule has 3 N–H and O–H groups in total. The van der Waals surface area contributed by atoms with Gasteiger partial charge in [-0.2, -0.15) is 0 Å². The second-order valence-corrected chi connectivity index (χ2v) is 5.78. The van der Waals surface area contributed by atoms with Crippen molar-refractivity contribution in [1.82, 2.24) is 16.2 Å². The van der Waals surface area contributed by atoms with Gasteiger partial charge in [-0.3, -0.25) is 20.4 Å². The van der Waals surface area contributed by atoms with Crippen LogP contribution in [0.3, 0.4) is 0 Å². The van der Waals surface area contributed by atoms with Gasteiger partial charge >= 0.3 is 0 Å². The highest BCUT2D eigenvalue weighted by Crippen LogP contribution is 2.17. The van der Waals surface area contributed by atoms with Gasteiger partial charge in [-0.25, -0.2) is 0 Å². The van der Waals surface area contributed by atoms with Crippen LogP contribution in [-0.2, 0) is 4.79 Å². The van der Waals surface area contributed by atoms with Crippen LogP contribution in [0.4, 0.5) is 0 Å². The Labute approximate surface area is 131 Å². The average Bonchev–Trinajstić information content (AvgIpc) is 2.39. The largest absolute Gasteiger partial charge is 0.302 e. The first kappa shape index (κ1) is 16.6. The summed E-state index contributed by atoms with van der Waals surface area (Å²) in [6.45, 7) is 5.43. The minimum absolute atomic E-state index is 0.0585. The van der Waals surface area contributed by atoms with Crippen molar-refractivity contribution in [2.45, 2.75) is 20.8 Å². The Bertz CT molecular complexity index is 546. The van der Waals surface area contributed by atoms with Gasteiger partial charge in [0.25, 0.3) is 5.91 Å². The first-order valence-corrected chi connectivity index (χ1v) is 7.18. The fourth-order valence-corrected chi connectivity index (χ4v) is 1.74. The van der Waals surface area contributed by atoms with Gasteiger partial charge in [0.2, 0.25) is 5.91 Å². The Morgan fingerprint density at radius 1 is 1.25 bits per heavy atom. The molecule has 0 unspecified atom stereocenters. The third kappa shape index (κ3) is 4.90. The molecule has 0 saturated heterocycles. The molecule has 0 bridgehead atoms. The van der Waals surface area contributed by atoms with Gasteiger partial charge < -0.3 is 5.32 Å². The van der Waals surface area contributed by atoms with E-state index in [1.165, 1.54) is 0 Å². The maximum Gasteiger partial charge on any atom is 0.269 e. The van der Waals surface area contributed by atoms with E-state index < -0.39 is 0 Å². The molecule has 0 aromatic heterocycles. The van der Waals surface area contributed by atoms with Crippen LogP contribution in [0, 0.1) is 12.8 Å². The molecule has 0 fully saturated rings. The summed E-state index contributed by atoms with van der Waals surface area (Å²) >= 11 is 8.26. The molecule has 0 atom stereocenters. The van der Waals surface area contributed by atoms with Crippen molar-refractivity contribution >= 4 is 45.1 Å². The Morgan fingerprint density at radius 3 is 2.45 bits per heavy atom. The molecule has 1 rings (SSSR count). The molecule has 2 amide bonds. The number of amides is 2. The van der Waals surface area contributed by atoms with Crippen molar-refractivity contribution in [2.24, 2.45) is 5.92 Å². The van der Waals surface area contributed by atoms with E-state index in [0.717, 1.165) is 10.0 Å². The summed E-state index contributed by atoms with van der Waals surface area (Å²) in [4.78, 5) is 23.3. The molecule has 0 saturated carbocycles. The van der Waals surface area contributed by atoms with Crippen LogP contribution in [0.25, 0.3) is 0 Å². The van der Waals surface area contributed by atoms with Crippen molar-refractivity contribution in [1.29, 1.82) is 0 Å². The third-order valence-corrected chi connectivity index (χ3v) is 3.54. The predicted octanol–water partition coefficient (Wildman–Crippen LogP) is 2.05. The molecule has 0 aliphatic heterocycles. The zero-order valence-electron chi connectivity index (χ0n) is 11.4. The molecular formula is C13H16BrN3O2S. The van der Waals surface area contributed by atoms with Crippen LogP contribution >= 0.6 is 28.1 Å². The average molecular weight is 358 g/mol. The van der Waals surface area contributed by atoms with E-state index in [1.807, 2.05) is 13.0 Å². The summed E-state index contributed by atoms with van der Waals surface area (Å²) in [6, 6.07) is 5.24. The fourth-order valence-electron chi connectivity index (χ4n) is 1.21. The summed E-state index contributed by atoms with van der Waals surface area (Å²) < 4.78 is 0.848. The highest BCUT2D eigenvalue weighted by Gasteiger charge is 2.10. The molecule has 20 heavy (non-hydrogen) atoms. The van der Waals surface area contributed by atoms with E-state index in [1.54, 1.807) is 26.0 Å². The van der Waals surface area contributed by atoms with Crippen LogP contribution in [0.1, 0.15) is 29.8 Å². The zero-order valence-corrected chi connectivity index (χ0v) is 13.8. The van der Waals surface area contributed by atoms with Crippen LogP contribution in [0.5, 0.6) is 0 Å². The number of hydrazine groups is 1. The van der Waals surface area contributed by atoms with Gasteiger partial charge in [-0.15, -0.1) is 0 Å². The van der Waals surface area contributed by atoms with Crippen LogP contribution < -0.4 is 16.2 Å². The number of nitrogens with one attached hydrogen (secondary N) is 3. The third-order valence-electron chi connectivity index (χ3n) is 2.48. The molecule has 1 aromatic carbocycles. The van der Waals surface area contributed by atoms with Crippen LogP contribution in [0.15, 0.2) is 22.7 Å². The number of benzene rings is 1. The summed E-state index contributed by atoms with van der Waals surface area (Å²) in [7, 11) is 0. The lowest BCUT2D eigenvalue weighted by Gasteiger charge is -2.12. The number of carbonyl (C=O) groups is 2. The van der Waals surface area contributed by atoms with E-state index in [-0.39, 0.29) is 22.8 Å². The lowest BCUT2D eigenvalue weighted by Crippen LogP contribution is -2.49. The number of hydrogen-bond donors (Lipinski definition) is 3. The summed E-state index contributed by atoms with van der Waals surface area (Å²) in [6.07, 6.45) is 0. The molecule has 1 aromatic rings. The predicted molar refractivity (Wildman–Crippen MR) is 85.1 cm³/mol. The number of aryl methyl sites for hydroxylation is 1. The summed E-state index contributed by atoms with van der Waals surface area (Å²) in [5, 5.41) is 2.52. The molecule has 0 heterocycles. The summed E-state index contributed by atoms with van der Waals surface area (Å²) in [5.41, 5.74) is 6.43. The minimum Gasteiger partial charge on any atom is -0.302 e. The topological polar surface area (TPSA) is 70.2 Å². The minimum atomic E-state index is -0.341. The highest BCUT2D eigenvalue weighted by atomic mass is 79.9. The summed E-state index contributed by atoms with van der Waals surface area (Å²) in [5.74, 6) is -0.736. The van der Waals surface area contributed by atoms with Crippen molar-refractivity contribution in [3.63, 3.8) is 0 Å². The Hall–Kier alpha value is -1.47. The van der Waals surface area contributed by atoms with Crippen LogP contribution in [-0.4, -0.2) is 16.9 Å². The quantitative estimate of drug-likeness (QED) is 0.559. The molecule has 7 heteroatoms. The Morgan fingerprint density at radius 2 is 1.90 bits per heavy atom. The zero-order chi connectivity index (χ0) is 15.3. The normalized spacial score (nSPS) is 10.1. The lowest BCUT2D eigenvalue weighted by molar-refractivity contribution is -0.122. The molecule has 108 valence electrons. The van der Waals surface area contributed by atoms with Crippen LogP contribution in [0.2, 0.25) is 0 Å². The second-order valence-electron chi connectivity index (χ2n) is 4.52. The van der Waals surface area contributed by atoms with Gasteiger partial charge in [-0.05, 0) is 36.8 Å². The SMILES string of the molecule is Cc1ccc(C(=O)NNC(=S)NC(=O)C(C)C)cc1Br. The van der Waals surface area contributed by atoms with E-state index >= 15 is 0 Å². The van der Waals surface area contributed by atoms with Gasteiger partial charge in [0.1, 0.15) is 0 Å². The molecule has 0 radical (unpaired) electrons. The van der Waals surface area contributed by atoms with Gasteiger partial charge in [-0.1, -0.05) is 35.8 Å². The number of carbonyl (C=O) groups excluding carboxylic acids is 2. The Kier molecular flexibility index (Phi) is 6.09. The van der Waals surface area contributed by atoms with Gasteiger partial charge in [0.05, 0.1) is 0 Å². The van der Waals surface area contributed by atoms with Crippen molar-refractivity contribution in [3.05, 3.63) is 33.8 Å². The lowest BCUT2D eigenvalue weighted by atomic mass is 10.1. The maximum atomic E-state index is 11.9. The smallest absolute Gasteiger partial charge is 0.269 e. The Balaban J connectivity index is 2.53. The monoisotopic (exact) mass is 357 g/mol. The van der Waals surface area contributed by atoms with E-state index in [4.69, 9.17) is 12.2 Å². The maximum absolute atomic E-state index is 11.9. The highest BCUT2D eigenvalue weighted by molar-refractivity contribution is 9.10. The number of rotatable bonds is 2. The second kappa shape index (κ2) is 7.35. The molecule has 0 aliphatic carbocycles. The molecule has 0 aliphatic rings. The number of hydrogen-bond acceptors (Lipinski definition) is 3. The van der Waals surface area contributed by atoms with Crippen molar-refractivity contribution in [2.75, 3.05) is 0 Å². The van der Waals surface area contributed by atoms with E-state index in [0.29, 0.717) is 5.56 Å². The van der Waals surface area contributed by atoms with Gasteiger partial charge in [0.15, 0.2) is 5.11 Å². The number of halogens is 1. The standard InChI is InChI=1S/C13H16BrN3O2S/c1-7(2)11(18)15-13(20)17-16-12(19)9-5-4-8(3)10(14)6-9/h4-7H,1-3H3,(H,16,19)(H2,15,17,18,20). The van der Waals surface area contributed by atoms with Gasteiger partial charge in [0, 0.05) is 16.0 Å². The fraction of sp³-hybridized carbons (Fsp3) is 0.308. The first-order valence-electron chi connectivity index (χ1n) is 5.98. The van der Waals surface area contributed by atoms with E-state index in [9.17, 15) is 9.59 Å². The molecule has 5 nitrogen and oxygen atoms in total. The molecule has 0 spiro atoms. The number of thiocarbonyl (C=S) groups is 1. The van der Waals surface area contributed by atoms with E-state index in [2.05, 4.69) is 32.1 Å². The van der Waals surface area contributed by atoms with Crippen molar-refractivity contribution < 1.29 is 9.59 Å². The molecular weight excluding hydrogens is 342 g/mol. The first-order chi connectivity index (χ1) is 9.31. The van der Waals surface area contributed by atoms with Crippen molar-refractivity contribution in [3.8, 4) is 0 Å².